The number of fused-ring (bicyclic) bond motifs is 1. The summed E-state index contributed by atoms with van der Waals surface area (Å²) in [7, 11) is 1.75. The van der Waals surface area contributed by atoms with E-state index in [0.717, 1.165) is 45.1 Å². The van der Waals surface area contributed by atoms with Gasteiger partial charge in [-0.3, -0.25) is 9.88 Å². The van der Waals surface area contributed by atoms with Crippen LogP contribution >= 0.6 is 0 Å². The number of rotatable bonds is 5. The molecule has 1 aliphatic heterocycles. The van der Waals surface area contributed by atoms with Crippen LogP contribution in [0.4, 0.5) is 5.82 Å². The minimum Gasteiger partial charge on any atom is -0.383 e. The monoisotopic (exact) mass is 298 g/mol. The quantitative estimate of drug-likeness (QED) is 0.844. The summed E-state index contributed by atoms with van der Waals surface area (Å²) in [5.74, 6) is 1.10. The molecule has 0 spiro atoms. The second-order valence-electron chi connectivity index (χ2n) is 5.53. The number of aromatic nitrogens is 2. The number of hydrogen-bond acceptors (Lipinski definition) is 5. The molecule has 0 saturated carbocycles. The Labute approximate surface area is 131 Å². The van der Waals surface area contributed by atoms with Gasteiger partial charge < -0.3 is 9.64 Å². The van der Waals surface area contributed by atoms with E-state index in [2.05, 4.69) is 38.0 Å². The minimum absolute atomic E-state index is 0.764. The van der Waals surface area contributed by atoms with Gasteiger partial charge in [0.15, 0.2) is 0 Å². The van der Waals surface area contributed by atoms with Crippen molar-refractivity contribution in [2.45, 2.75) is 13.1 Å². The third-order valence-corrected chi connectivity index (χ3v) is 3.98. The zero-order valence-electron chi connectivity index (χ0n) is 13.0. The summed E-state index contributed by atoms with van der Waals surface area (Å²) < 4.78 is 5.22. The Morgan fingerprint density at radius 2 is 2.00 bits per heavy atom. The molecule has 3 rings (SSSR count). The Morgan fingerprint density at radius 1 is 1.14 bits per heavy atom. The molecule has 5 nitrogen and oxygen atoms in total. The van der Waals surface area contributed by atoms with Gasteiger partial charge >= 0.3 is 0 Å². The first-order chi connectivity index (χ1) is 10.9. The van der Waals surface area contributed by atoms with Crippen LogP contribution in [0.15, 0.2) is 42.9 Å². The van der Waals surface area contributed by atoms with Gasteiger partial charge in [-0.1, -0.05) is 6.07 Å². The molecule has 1 aliphatic rings. The molecule has 0 atom stereocenters. The maximum atomic E-state index is 5.22. The second kappa shape index (κ2) is 7.33. The molecule has 3 heterocycles. The van der Waals surface area contributed by atoms with Crippen molar-refractivity contribution in [3.05, 3.63) is 54.0 Å². The average molecular weight is 298 g/mol. The van der Waals surface area contributed by atoms with Crippen molar-refractivity contribution in [1.82, 2.24) is 14.9 Å². The first-order valence-electron chi connectivity index (χ1n) is 7.66. The van der Waals surface area contributed by atoms with Gasteiger partial charge in [0, 0.05) is 64.0 Å². The lowest BCUT2D eigenvalue weighted by Crippen LogP contribution is -2.33. The highest BCUT2D eigenvalue weighted by atomic mass is 16.5. The molecule has 0 unspecified atom stereocenters. The third kappa shape index (κ3) is 3.61. The van der Waals surface area contributed by atoms with E-state index < -0.39 is 0 Å². The fraction of sp³-hybridized carbons (Fsp3) is 0.412. The second-order valence-corrected chi connectivity index (χ2v) is 5.53. The molecule has 0 N–H and O–H groups in total. The van der Waals surface area contributed by atoms with E-state index in [0.29, 0.717) is 0 Å². The Balaban J connectivity index is 1.79. The lowest BCUT2D eigenvalue weighted by Gasteiger charge is -2.23. The van der Waals surface area contributed by atoms with Crippen LogP contribution in [0.5, 0.6) is 0 Å². The van der Waals surface area contributed by atoms with Crippen LogP contribution in [0.1, 0.15) is 11.1 Å². The van der Waals surface area contributed by atoms with Gasteiger partial charge in [0.25, 0.3) is 0 Å². The molecule has 2 aromatic heterocycles. The van der Waals surface area contributed by atoms with E-state index in [-0.39, 0.29) is 0 Å². The Hall–Kier alpha value is -1.98. The number of hydrogen-bond donors (Lipinski definition) is 0. The Bertz CT molecular complexity index is 590. The van der Waals surface area contributed by atoms with E-state index in [1.54, 1.807) is 7.11 Å². The molecular formula is C17H22N4O. The van der Waals surface area contributed by atoms with Crippen molar-refractivity contribution in [2.24, 2.45) is 0 Å². The Morgan fingerprint density at radius 3 is 2.82 bits per heavy atom. The maximum absolute atomic E-state index is 5.22. The molecule has 2 aromatic rings. The van der Waals surface area contributed by atoms with Crippen molar-refractivity contribution in [3.63, 3.8) is 0 Å². The zero-order chi connectivity index (χ0) is 15.2. The van der Waals surface area contributed by atoms with Gasteiger partial charge in [-0.15, -0.1) is 0 Å². The van der Waals surface area contributed by atoms with Gasteiger partial charge in [-0.25, -0.2) is 4.98 Å². The molecule has 0 bridgehead atoms. The largest absolute Gasteiger partial charge is 0.383 e. The minimum atomic E-state index is 0.764. The number of ether oxygens (including phenoxy) is 1. The van der Waals surface area contributed by atoms with Gasteiger partial charge in [-0.05, 0) is 23.8 Å². The molecule has 116 valence electrons. The van der Waals surface area contributed by atoms with Crippen LogP contribution in [0, 0.1) is 0 Å². The van der Waals surface area contributed by atoms with Crippen molar-refractivity contribution in [3.8, 4) is 0 Å². The molecule has 5 heteroatoms. The topological polar surface area (TPSA) is 41.5 Å². The van der Waals surface area contributed by atoms with E-state index in [4.69, 9.17) is 4.74 Å². The molecule has 0 aliphatic carbocycles. The van der Waals surface area contributed by atoms with Crippen molar-refractivity contribution in [2.75, 3.05) is 38.3 Å². The zero-order valence-corrected chi connectivity index (χ0v) is 13.0. The highest BCUT2D eigenvalue weighted by Gasteiger charge is 2.20. The van der Waals surface area contributed by atoms with E-state index in [1.807, 2.05) is 24.7 Å². The first kappa shape index (κ1) is 14.9. The molecule has 0 radical (unpaired) electrons. The summed E-state index contributed by atoms with van der Waals surface area (Å²) in [6.07, 6.45) is 5.57. The maximum Gasteiger partial charge on any atom is 0.133 e. The Kier molecular flexibility index (Phi) is 4.98. The predicted octanol–water partition coefficient (Wildman–Crippen LogP) is 1.95. The smallest absolute Gasteiger partial charge is 0.133 e. The van der Waals surface area contributed by atoms with Crippen molar-refractivity contribution >= 4 is 5.82 Å². The predicted molar refractivity (Wildman–Crippen MR) is 86.7 cm³/mol. The summed E-state index contributed by atoms with van der Waals surface area (Å²) in [6.45, 7) is 5.50. The summed E-state index contributed by atoms with van der Waals surface area (Å²) in [4.78, 5) is 13.5. The van der Waals surface area contributed by atoms with E-state index in [1.165, 1.54) is 11.1 Å². The molecular weight excluding hydrogens is 276 g/mol. The number of anilines is 1. The lowest BCUT2D eigenvalue weighted by atomic mass is 10.2. The van der Waals surface area contributed by atoms with Gasteiger partial charge in [-0.2, -0.15) is 0 Å². The fourth-order valence-electron chi connectivity index (χ4n) is 2.80. The van der Waals surface area contributed by atoms with Crippen LogP contribution in [-0.2, 0) is 17.8 Å². The van der Waals surface area contributed by atoms with Gasteiger partial charge in [0.2, 0.25) is 0 Å². The number of nitrogens with zero attached hydrogens (tertiary/aromatic N) is 4. The highest BCUT2D eigenvalue weighted by Crippen LogP contribution is 2.23. The fourth-order valence-corrected chi connectivity index (χ4v) is 2.80. The summed E-state index contributed by atoms with van der Waals surface area (Å²) in [5.41, 5.74) is 2.54. The van der Waals surface area contributed by atoms with Crippen LogP contribution < -0.4 is 4.90 Å². The van der Waals surface area contributed by atoms with Crippen LogP contribution in [-0.4, -0.2) is 48.2 Å². The summed E-state index contributed by atoms with van der Waals surface area (Å²) >= 11 is 0. The molecule has 0 amide bonds. The molecule has 0 aromatic carbocycles. The van der Waals surface area contributed by atoms with E-state index in [9.17, 15) is 0 Å². The standard InChI is InChI=1S/C17H22N4O/c1-22-12-11-20-9-10-21(13-15-4-7-18-8-5-15)17-16(14-20)3-2-6-19-17/h2-8H,9-14H2,1H3. The third-order valence-electron chi connectivity index (χ3n) is 3.98. The number of methoxy groups -OCH3 is 1. The van der Waals surface area contributed by atoms with Crippen LogP contribution in [0.25, 0.3) is 0 Å². The number of pyridine rings is 2. The average Bonchev–Trinajstić information content (AvgIpc) is 2.74. The first-order valence-corrected chi connectivity index (χ1v) is 7.66. The van der Waals surface area contributed by atoms with Crippen LogP contribution in [0.2, 0.25) is 0 Å². The van der Waals surface area contributed by atoms with E-state index >= 15 is 0 Å². The van der Waals surface area contributed by atoms with Crippen molar-refractivity contribution in [1.29, 1.82) is 0 Å². The lowest BCUT2D eigenvalue weighted by molar-refractivity contribution is 0.147. The SMILES string of the molecule is COCCN1CCN(Cc2ccncc2)c2ncccc2C1. The van der Waals surface area contributed by atoms with Gasteiger partial charge in [0.1, 0.15) is 5.82 Å². The highest BCUT2D eigenvalue weighted by molar-refractivity contribution is 5.48. The molecule has 0 saturated heterocycles. The van der Waals surface area contributed by atoms with Gasteiger partial charge in [0.05, 0.1) is 6.61 Å². The molecule has 0 fully saturated rings. The summed E-state index contributed by atoms with van der Waals surface area (Å²) in [6, 6.07) is 8.32. The molecule has 22 heavy (non-hydrogen) atoms. The van der Waals surface area contributed by atoms with Crippen LogP contribution in [0.3, 0.4) is 0 Å². The summed E-state index contributed by atoms with van der Waals surface area (Å²) in [5, 5.41) is 0. The normalized spacial score (nSPS) is 15.4. The van der Waals surface area contributed by atoms with Crippen molar-refractivity contribution < 1.29 is 4.74 Å².